The Morgan fingerprint density at radius 1 is 0.968 bits per heavy atom. The molecule has 4 amide bonds. The van der Waals surface area contributed by atoms with Crippen LogP contribution < -0.4 is 16.4 Å². The van der Waals surface area contributed by atoms with E-state index in [2.05, 4.69) is 17.6 Å². The number of nitrogens with one attached hydrogen (secondary N) is 2. The van der Waals surface area contributed by atoms with E-state index in [1.807, 2.05) is 0 Å². The van der Waals surface area contributed by atoms with Crippen LogP contribution in [0.3, 0.4) is 0 Å². The monoisotopic (exact) mass is 422 g/mol. The van der Waals surface area contributed by atoms with Crippen LogP contribution in [0.1, 0.15) is 46.9 Å². The summed E-state index contributed by atoms with van der Waals surface area (Å²) in [4.78, 5) is 49.8. The van der Waals surface area contributed by atoms with Gasteiger partial charge in [0.15, 0.2) is 0 Å². The van der Waals surface area contributed by atoms with Crippen molar-refractivity contribution < 1.29 is 19.2 Å². The molecule has 0 aliphatic carbocycles. The fourth-order valence-corrected chi connectivity index (χ4v) is 3.38. The Labute approximate surface area is 180 Å². The summed E-state index contributed by atoms with van der Waals surface area (Å²) < 4.78 is 0. The number of hydrogen-bond donors (Lipinski definition) is 3. The van der Waals surface area contributed by atoms with Crippen LogP contribution in [0.25, 0.3) is 0 Å². The lowest BCUT2D eigenvalue weighted by molar-refractivity contribution is -0.128. The van der Waals surface area contributed by atoms with Gasteiger partial charge >= 0.3 is 0 Å². The maximum Gasteiger partial charge on any atom is 0.255 e. The van der Waals surface area contributed by atoms with Crippen molar-refractivity contribution in [1.82, 2.24) is 4.90 Å². The van der Waals surface area contributed by atoms with Gasteiger partial charge in [-0.1, -0.05) is 13.3 Å². The zero-order valence-electron chi connectivity index (χ0n) is 17.4. The van der Waals surface area contributed by atoms with Crippen LogP contribution in [-0.4, -0.2) is 41.6 Å². The van der Waals surface area contributed by atoms with E-state index in [9.17, 15) is 19.2 Å². The highest BCUT2D eigenvalue weighted by Gasteiger charge is 2.33. The molecule has 0 bridgehead atoms. The molecule has 0 aromatic heterocycles. The number of amides is 4. The van der Waals surface area contributed by atoms with E-state index in [-0.39, 0.29) is 30.1 Å². The van der Waals surface area contributed by atoms with Gasteiger partial charge in [0, 0.05) is 42.0 Å². The van der Waals surface area contributed by atoms with E-state index in [1.54, 1.807) is 41.3 Å². The van der Waals surface area contributed by atoms with Crippen LogP contribution >= 0.6 is 0 Å². The van der Waals surface area contributed by atoms with Gasteiger partial charge < -0.3 is 21.3 Å². The summed E-state index contributed by atoms with van der Waals surface area (Å²) >= 11 is 0. The van der Waals surface area contributed by atoms with Gasteiger partial charge in [-0.3, -0.25) is 19.2 Å². The number of rotatable bonds is 8. The Morgan fingerprint density at radius 2 is 1.55 bits per heavy atom. The highest BCUT2D eigenvalue weighted by Crippen LogP contribution is 2.21. The molecule has 0 radical (unpaired) electrons. The van der Waals surface area contributed by atoms with Gasteiger partial charge in [-0.05, 0) is 55.0 Å². The molecule has 4 N–H and O–H groups in total. The van der Waals surface area contributed by atoms with Crippen molar-refractivity contribution in [2.45, 2.75) is 26.2 Å². The average Bonchev–Trinajstić information content (AvgIpc) is 3.13. The predicted molar refractivity (Wildman–Crippen MR) is 118 cm³/mol. The van der Waals surface area contributed by atoms with Gasteiger partial charge in [0.05, 0.1) is 5.92 Å². The minimum atomic E-state index is -0.536. The number of anilines is 2. The number of primary amides is 1. The Bertz CT molecular complexity index is 970. The first-order valence-corrected chi connectivity index (χ1v) is 10.3. The molecule has 2 aromatic rings. The SMILES string of the molecule is CCCCN1C[C@H](C(=O)Nc2ccc(C(=O)Nc3ccc(C(N)=O)cc3)cc2)CC1=O. The highest BCUT2D eigenvalue weighted by molar-refractivity contribution is 6.05. The largest absolute Gasteiger partial charge is 0.366 e. The Balaban J connectivity index is 1.55. The molecule has 0 spiro atoms. The molecule has 1 fully saturated rings. The molecule has 1 atom stereocenters. The zero-order valence-corrected chi connectivity index (χ0v) is 17.4. The Hall–Kier alpha value is -3.68. The van der Waals surface area contributed by atoms with Crippen molar-refractivity contribution in [3.8, 4) is 0 Å². The topological polar surface area (TPSA) is 122 Å². The van der Waals surface area contributed by atoms with Gasteiger partial charge in [-0.2, -0.15) is 0 Å². The first kappa shape index (κ1) is 22.0. The summed E-state index contributed by atoms with van der Waals surface area (Å²) in [5.41, 5.74) is 7.07. The highest BCUT2D eigenvalue weighted by atomic mass is 16.2. The van der Waals surface area contributed by atoms with E-state index in [0.29, 0.717) is 35.6 Å². The number of carbonyl (C=O) groups excluding carboxylic acids is 4. The minimum absolute atomic E-state index is 0.0180. The second-order valence-corrected chi connectivity index (χ2v) is 7.56. The summed E-state index contributed by atoms with van der Waals surface area (Å²) in [6, 6.07) is 12.8. The van der Waals surface area contributed by atoms with Crippen molar-refractivity contribution in [3.63, 3.8) is 0 Å². The van der Waals surface area contributed by atoms with E-state index in [0.717, 1.165) is 12.8 Å². The Kier molecular flexibility index (Phi) is 7.02. The molecule has 2 aromatic carbocycles. The molecular weight excluding hydrogens is 396 g/mol. The molecule has 1 aliphatic rings. The van der Waals surface area contributed by atoms with Crippen molar-refractivity contribution in [1.29, 1.82) is 0 Å². The van der Waals surface area contributed by atoms with Gasteiger partial charge in [0.1, 0.15) is 0 Å². The summed E-state index contributed by atoms with van der Waals surface area (Å²) in [6.07, 6.45) is 2.16. The average molecular weight is 422 g/mol. The predicted octanol–water partition coefficient (Wildman–Crippen LogP) is 2.62. The lowest BCUT2D eigenvalue weighted by Crippen LogP contribution is -2.29. The van der Waals surface area contributed by atoms with Crippen LogP contribution in [0.4, 0.5) is 11.4 Å². The number of nitrogens with two attached hydrogens (primary N) is 1. The van der Waals surface area contributed by atoms with Gasteiger partial charge in [-0.15, -0.1) is 0 Å². The zero-order chi connectivity index (χ0) is 22.4. The molecule has 0 unspecified atom stereocenters. The summed E-state index contributed by atoms with van der Waals surface area (Å²) in [5, 5.41) is 5.55. The van der Waals surface area contributed by atoms with Gasteiger partial charge in [0.25, 0.3) is 5.91 Å². The molecule has 8 nitrogen and oxygen atoms in total. The molecule has 1 saturated heterocycles. The van der Waals surface area contributed by atoms with E-state index in [1.165, 1.54) is 12.1 Å². The smallest absolute Gasteiger partial charge is 0.255 e. The third-order valence-electron chi connectivity index (χ3n) is 5.21. The molecule has 1 aliphatic heterocycles. The molecule has 0 saturated carbocycles. The molecule has 3 rings (SSSR count). The van der Waals surface area contributed by atoms with Crippen molar-refractivity contribution in [3.05, 3.63) is 59.7 Å². The molecule has 1 heterocycles. The standard InChI is InChI=1S/C23H26N4O4/c1-2-3-12-27-14-17(13-20(27)28)23(31)26-19-10-6-16(7-11-19)22(30)25-18-8-4-15(5-9-18)21(24)29/h4-11,17H,2-3,12-14H2,1H3,(H2,24,29)(H,25,30)(H,26,31)/t17-/m1/s1. The number of hydrogen-bond acceptors (Lipinski definition) is 4. The van der Waals surface area contributed by atoms with Crippen molar-refractivity contribution in [2.75, 3.05) is 23.7 Å². The summed E-state index contributed by atoms with van der Waals surface area (Å²) in [6.45, 7) is 3.20. The van der Waals surface area contributed by atoms with E-state index in [4.69, 9.17) is 5.73 Å². The summed E-state index contributed by atoms with van der Waals surface area (Å²) in [7, 11) is 0. The number of benzene rings is 2. The minimum Gasteiger partial charge on any atom is -0.366 e. The third kappa shape index (κ3) is 5.69. The van der Waals surface area contributed by atoms with E-state index < -0.39 is 5.91 Å². The molecule has 162 valence electrons. The normalized spacial score (nSPS) is 15.6. The quantitative estimate of drug-likeness (QED) is 0.605. The van der Waals surface area contributed by atoms with Crippen molar-refractivity contribution in [2.24, 2.45) is 11.7 Å². The number of nitrogens with zero attached hydrogens (tertiary/aromatic N) is 1. The summed E-state index contributed by atoms with van der Waals surface area (Å²) in [5.74, 6) is -1.40. The van der Waals surface area contributed by atoms with Crippen molar-refractivity contribution >= 4 is 35.0 Å². The second kappa shape index (κ2) is 9.88. The molecular formula is C23H26N4O4. The van der Waals surface area contributed by atoms with Crippen LogP contribution in [0.2, 0.25) is 0 Å². The van der Waals surface area contributed by atoms with Gasteiger partial charge in [0.2, 0.25) is 17.7 Å². The van der Waals surface area contributed by atoms with Crippen LogP contribution in [-0.2, 0) is 9.59 Å². The van der Waals surface area contributed by atoms with Crippen LogP contribution in [0.15, 0.2) is 48.5 Å². The lowest BCUT2D eigenvalue weighted by Gasteiger charge is -2.16. The fraction of sp³-hybridized carbons (Fsp3) is 0.304. The fourth-order valence-electron chi connectivity index (χ4n) is 3.38. The Morgan fingerprint density at radius 3 is 2.13 bits per heavy atom. The van der Waals surface area contributed by atoms with Crippen LogP contribution in [0.5, 0.6) is 0 Å². The number of carbonyl (C=O) groups is 4. The first-order chi connectivity index (χ1) is 14.9. The van der Waals surface area contributed by atoms with Crippen LogP contribution in [0, 0.1) is 5.92 Å². The maximum absolute atomic E-state index is 12.5. The first-order valence-electron chi connectivity index (χ1n) is 10.3. The number of unbranched alkanes of at least 4 members (excludes halogenated alkanes) is 1. The number of likely N-dealkylation sites (tertiary alicyclic amines) is 1. The third-order valence-corrected chi connectivity index (χ3v) is 5.21. The molecule has 8 heteroatoms. The molecule has 31 heavy (non-hydrogen) atoms. The lowest BCUT2D eigenvalue weighted by atomic mass is 10.1. The van der Waals surface area contributed by atoms with Gasteiger partial charge in [-0.25, -0.2) is 0 Å². The maximum atomic E-state index is 12.5. The van der Waals surface area contributed by atoms with E-state index >= 15 is 0 Å². The second-order valence-electron chi connectivity index (χ2n) is 7.56.